The molecule has 0 aliphatic heterocycles. The van der Waals surface area contributed by atoms with E-state index in [0.717, 1.165) is 24.3 Å². The number of hydrogen-bond acceptors (Lipinski definition) is 3. The molecule has 0 spiro atoms. The van der Waals surface area contributed by atoms with Gasteiger partial charge in [0, 0.05) is 6.61 Å². The van der Waals surface area contributed by atoms with E-state index in [1.807, 2.05) is 0 Å². The molecule has 1 rings (SSSR count). The molecular formula is C10H11F3O3S. The van der Waals surface area contributed by atoms with Crippen molar-refractivity contribution in [3.63, 3.8) is 0 Å². The van der Waals surface area contributed by atoms with Gasteiger partial charge in [-0.15, -0.1) is 0 Å². The van der Waals surface area contributed by atoms with E-state index in [9.17, 15) is 21.6 Å². The van der Waals surface area contributed by atoms with Crippen LogP contribution in [-0.2, 0) is 16.0 Å². The van der Waals surface area contributed by atoms with Gasteiger partial charge in [0.25, 0.3) is 0 Å². The molecule has 1 aromatic rings. The van der Waals surface area contributed by atoms with E-state index in [0.29, 0.717) is 0 Å². The molecule has 0 unspecified atom stereocenters. The maximum Gasteiger partial charge on any atom is 0.416 e. The van der Waals surface area contributed by atoms with Crippen LogP contribution in [0.3, 0.4) is 0 Å². The summed E-state index contributed by atoms with van der Waals surface area (Å²) in [5, 5.41) is 8.51. The van der Waals surface area contributed by atoms with Gasteiger partial charge in [0.15, 0.2) is 9.84 Å². The normalized spacial score (nSPS) is 12.7. The van der Waals surface area contributed by atoms with Crippen molar-refractivity contribution < 1.29 is 26.7 Å². The van der Waals surface area contributed by atoms with Crippen molar-refractivity contribution in [1.29, 1.82) is 0 Å². The minimum Gasteiger partial charge on any atom is -0.396 e. The van der Waals surface area contributed by atoms with Gasteiger partial charge in [-0.3, -0.25) is 0 Å². The molecule has 0 saturated carbocycles. The fraction of sp³-hybridized carbons (Fsp3) is 0.400. The number of hydrogen-bond donors (Lipinski definition) is 1. The molecule has 0 saturated heterocycles. The standard InChI is InChI=1S/C10H11F3O3S/c11-10(12,13)8-2-4-9(5-3-8)17(15,16)7-1-6-14/h2-5,14H,1,6-7H2. The first kappa shape index (κ1) is 14.0. The Kier molecular flexibility index (Phi) is 4.16. The minimum atomic E-state index is -4.48. The third kappa shape index (κ3) is 3.71. The molecule has 0 aromatic heterocycles. The average Bonchev–Trinajstić information content (AvgIpc) is 2.25. The second-order valence-corrected chi connectivity index (χ2v) is 5.53. The molecule has 7 heteroatoms. The fourth-order valence-corrected chi connectivity index (χ4v) is 2.52. The largest absolute Gasteiger partial charge is 0.416 e. The Hall–Kier alpha value is -1.08. The van der Waals surface area contributed by atoms with Crippen LogP contribution in [0.1, 0.15) is 12.0 Å². The van der Waals surface area contributed by atoms with Crippen molar-refractivity contribution in [2.24, 2.45) is 0 Å². The summed E-state index contributed by atoms with van der Waals surface area (Å²) in [5.74, 6) is -0.283. The molecule has 0 amide bonds. The van der Waals surface area contributed by atoms with Gasteiger partial charge < -0.3 is 5.11 Å². The Bertz CT molecular complexity index is 463. The van der Waals surface area contributed by atoms with E-state index in [1.165, 1.54) is 0 Å². The topological polar surface area (TPSA) is 54.4 Å². The third-order valence-electron chi connectivity index (χ3n) is 2.11. The summed E-state index contributed by atoms with van der Waals surface area (Å²) < 4.78 is 59.8. The molecule has 0 aliphatic carbocycles. The van der Waals surface area contributed by atoms with Crippen LogP contribution >= 0.6 is 0 Å². The number of aliphatic hydroxyl groups is 1. The lowest BCUT2D eigenvalue weighted by Gasteiger charge is -2.08. The van der Waals surface area contributed by atoms with Crippen LogP contribution in [0.25, 0.3) is 0 Å². The minimum absolute atomic E-state index is 0.0589. The van der Waals surface area contributed by atoms with Gasteiger partial charge in [-0.2, -0.15) is 13.2 Å². The molecule has 0 atom stereocenters. The Labute approximate surface area is 96.8 Å². The molecule has 0 bridgehead atoms. The lowest BCUT2D eigenvalue weighted by Crippen LogP contribution is -2.09. The van der Waals surface area contributed by atoms with Gasteiger partial charge >= 0.3 is 6.18 Å². The quantitative estimate of drug-likeness (QED) is 0.906. The number of aliphatic hydroxyl groups excluding tert-OH is 1. The van der Waals surface area contributed by atoms with Gasteiger partial charge in [0.2, 0.25) is 0 Å². The molecule has 17 heavy (non-hydrogen) atoms. The molecular weight excluding hydrogens is 257 g/mol. The van der Waals surface area contributed by atoms with E-state index in [-0.39, 0.29) is 23.7 Å². The predicted octanol–water partition coefficient (Wildman–Crippen LogP) is 1.86. The summed E-state index contributed by atoms with van der Waals surface area (Å²) in [6, 6.07) is 3.31. The number of rotatable bonds is 4. The highest BCUT2D eigenvalue weighted by Gasteiger charge is 2.30. The molecule has 0 heterocycles. The third-order valence-corrected chi connectivity index (χ3v) is 3.93. The highest BCUT2D eigenvalue weighted by molar-refractivity contribution is 7.91. The van der Waals surface area contributed by atoms with Gasteiger partial charge in [-0.25, -0.2) is 8.42 Å². The van der Waals surface area contributed by atoms with Crippen LogP contribution in [0, 0.1) is 0 Å². The zero-order valence-electron chi connectivity index (χ0n) is 8.74. The van der Waals surface area contributed by atoms with E-state index < -0.39 is 21.6 Å². The van der Waals surface area contributed by atoms with E-state index >= 15 is 0 Å². The van der Waals surface area contributed by atoms with Crippen molar-refractivity contribution in [3.05, 3.63) is 29.8 Å². The smallest absolute Gasteiger partial charge is 0.396 e. The van der Waals surface area contributed by atoms with Crippen LogP contribution < -0.4 is 0 Å². The molecule has 0 aliphatic rings. The Morgan fingerprint density at radius 3 is 2.06 bits per heavy atom. The Balaban J connectivity index is 2.95. The monoisotopic (exact) mass is 268 g/mol. The fourth-order valence-electron chi connectivity index (χ4n) is 1.22. The summed E-state index contributed by atoms with van der Waals surface area (Å²) in [6.07, 6.45) is -4.42. The van der Waals surface area contributed by atoms with Crippen LogP contribution in [-0.4, -0.2) is 25.9 Å². The molecule has 3 nitrogen and oxygen atoms in total. The van der Waals surface area contributed by atoms with Crippen molar-refractivity contribution in [2.75, 3.05) is 12.4 Å². The van der Waals surface area contributed by atoms with Crippen molar-refractivity contribution in [2.45, 2.75) is 17.5 Å². The summed E-state index contributed by atoms with van der Waals surface area (Å²) in [7, 11) is -3.61. The lowest BCUT2D eigenvalue weighted by atomic mass is 10.2. The molecule has 96 valence electrons. The van der Waals surface area contributed by atoms with Crippen molar-refractivity contribution in [1.82, 2.24) is 0 Å². The van der Waals surface area contributed by atoms with Crippen LogP contribution in [0.2, 0.25) is 0 Å². The number of alkyl halides is 3. The highest BCUT2D eigenvalue weighted by atomic mass is 32.2. The van der Waals surface area contributed by atoms with Crippen molar-refractivity contribution >= 4 is 9.84 Å². The maximum absolute atomic E-state index is 12.2. The van der Waals surface area contributed by atoms with Crippen LogP contribution in [0.15, 0.2) is 29.2 Å². The molecule has 1 aromatic carbocycles. The second kappa shape index (κ2) is 5.05. The lowest BCUT2D eigenvalue weighted by molar-refractivity contribution is -0.137. The Morgan fingerprint density at radius 1 is 1.12 bits per heavy atom. The first-order valence-corrected chi connectivity index (χ1v) is 6.43. The number of sulfone groups is 1. The maximum atomic E-state index is 12.2. The van der Waals surface area contributed by atoms with Gasteiger partial charge in [-0.05, 0) is 30.7 Å². The van der Waals surface area contributed by atoms with Gasteiger partial charge in [-0.1, -0.05) is 0 Å². The number of benzene rings is 1. The predicted molar refractivity (Wildman–Crippen MR) is 55.2 cm³/mol. The first-order chi connectivity index (χ1) is 7.77. The number of halogens is 3. The van der Waals surface area contributed by atoms with Gasteiger partial charge in [0.05, 0.1) is 16.2 Å². The van der Waals surface area contributed by atoms with E-state index in [1.54, 1.807) is 0 Å². The second-order valence-electron chi connectivity index (χ2n) is 3.42. The molecule has 1 N–H and O–H groups in total. The Morgan fingerprint density at radius 2 is 1.65 bits per heavy atom. The summed E-state index contributed by atoms with van der Waals surface area (Å²) in [6.45, 7) is -0.278. The summed E-state index contributed by atoms with van der Waals surface area (Å²) >= 11 is 0. The zero-order valence-corrected chi connectivity index (χ0v) is 9.55. The van der Waals surface area contributed by atoms with Crippen LogP contribution in [0.4, 0.5) is 13.2 Å². The highest BCUT2D eigenvalue weighted by Crippen LogP contribution is 2.29. The average molecular weight is 268 g/mol. The molecule has 0 radical (unpaired) electrons. The first-order valence-electron chi connectivity index (χ1n) is 4.78. The van der Waals surface area contributed by atoms with Crippen LogP contribution in [0.5, 0.6) is 0 Å². The summed E-state index contributed by atoms with van der Waals surface area (Å²) in [5.41, 5.74) is -0.890. The van der Waals surface area contributed by atoms with Gasteiger partial charge in [0.1, 0.15) is 0 Å². The van der Waals surface area contributed by atoms with E-state index in [2.05, 4.69) is 0 Å². The zero-order chi connectivity index (χ0) is 13.1. The van der Waals surface area contributed by atoms with Crippen molar-refractivity contribution in [3.8, 4) is 0 Å². The summed E-state index contributed by atoms with van der Waals surface area (Å²) in [4.78, 5) is -0.168. The van der Waals surface area contributed by atoms with E-state index in [4.69, 9.17) is 5.11 Å². The SMILES string of the molecule is O=S(=O)(CCCO)c1ccc(C(F)(F)F)cc1. The molecule has 0 fully saturated rings.